The summed E-state index contributed by atoms with van der Waals surface area (Å²) in [5.41, 5.74) is 6.74. The Morgan fingerprint density at radius 1 is 1.35 bits per heavy atom. The number of carbonyl (C=O) groups excluding carboxylic acids is 1. The lowest BCUT2D eigenvalue weighted by atomic mass is 10.2. The number of carbonyl (C=O) groups is 1. The fourth-order valence-electron chi connectivity index (χ4n) is 1.77. The topological polar surface area (TPSA) is 90.1 Å². The molecule has 1 aromatic carbocycles. The van der Waals surface area contributed by atoms with Crippen molar-refractivity contribution in [2.75, 3.05) is 17.7 Å². The molecule has 3 N–H and O–H groups in total. The van der Waals surface area contributed by atoms with Crippen molar-refractivity contribution in [3.05, 3.63) is 41.7 Å². The molecule has 20 heavy (non-hydrogen) atoms. The molecular formula is C14H16N4O2. The van der Waals surface area contributed by atoms with Crippen LogP contribution < -0.4 is 11.1 Å². The molecular weight excluding hydrogens is 256 g/mol. The molecule has 2 rings (SSSR count). The van der Waals surface area contributed by atoms with Crippen molar-refractivity contribution in [2.24, 2.45) is 0 Å². The average molecular weight is 272 g/mol. The Bertz CT molecular complexity index is 608. The van der Waals surface area contributed by atoms with Gasteiger partial charge in [-0.25, -0.2) is 14.8 Å². The second kappa shape index (κ2) is 6.01. The molecule has 104 valence electrons. The Labute approximate surface area is 117 Å². The lowest BCUT2D eigenvalue weighted by Crippen LogP contribution is -2.08. The summed E-state index contributed by atoms with van der Waals surface area (Å²) in [5.74, 6) is 1.08. The van der Waals surface area contributed by atoms with E-state index in [0.29, 0.717) is 35.3 Å². The average Bonchev–Trinajstić information content (AvgIpc) is 2.38. The van der Waals surface area contributed by atoms with Gasteiger partial charge in [-0.05, 0) is 26.0 Å². The number of benzene rings is 1. The van der Waals surface area contributed by atoms with Gasteiger partial charge in [-0.3, -0.25) is 0 Å². The fourth-order valence-corrected chi connectivity index (χ4v) is 1.77. The number of para-hydroxylation sites is 1. The molecule has 0 fully saturated rings. The monoisotopic (exact) mass is 272 g/mol. The van der Waals surface area contributed by atoms with Gasteiger partial charge in [0.2, 0.25) is 0 Å². The predicted octanol–water partition coefficient (Wildman–Crippen LogP) is 2.29. The summed E-state index contributed by atoms with van der Waals surface area (Å²) in [4.78, 5) is 20.1. The van der Waals surface area contributed by atoms with Gasteiger partial charge in [0.1, 0.15) is 17.5 Å². The van der Waals surface area contributed by atoms with E-state index in [1.165, 1.54) is 0 Å². The molecule has 0 bridgehead atoms. The van der Waals surface area contributed by atoms with Crippen molar-refractivity contribution < 1.29 is 9.53 Å². The molecule has 0 amide bonds. The SMILES string of the molecule is CCOC(=O)c1ccccc1Nc1cc(N)nc(C)n1. The van der Waals surface area contributed by atoms with Crippen LogP contribution in [0, 0.1) is 6.92 Å². The molecule has 0 saturated heterocycles. The molecule has 6 heteroatoms. The van der Waals surface area contributed by atoms with Gasteiger partial charge in [-0.2, -0.15) is 0 Å². The molecule has 0 aliphatic heterocycles. The van der Waals surface area contributed by atoms with Crippen LogP contribution in [0.1, 0.15) is 23.1 Å². The first kappa shape index (κ1) is 13.8. The third-order valence-electron chi connectivity index (χ3n) is 2.54. The Balaban J connectivity index is 2.31. The van der Waals surface area contributed by atoms with E-state index in [0.717, 1.165) is 0 Å². The van der Waals surface area contributed by atoms with Gasteiger partial charge in [0.15, 0.2) is 0 Å². The second-order valence-electron chi connectivity index (χ2n) is 4.12. The first-order chi connectivity index (χ1) is 9.60. The number of nitrogens with two attached hydrogens (primary N) is 1. The number of hydrogen-bond acceptors (Lipinski definition) is 6. The first-order valence-electron chi connectivity index (χ1n) is 6.24. The number of ether oxygens (including phenoxy) is 1. The zero-order valence-corrected chi connectivity index (χ0v) is 11.4. The number of aromatic nitrogens is 2. The first-order valence-corrected chi connectivity index (χ1v) is 6.24. The maximum absolute atomic E-state index is 11.9. The zero-order chi connectivity index (χ0) is 14.5. The minimum absolute atomic E-state index is 0.326. The molecule has 0 atom stereocenters. The van der Waals surface area contributed by atoms with Crippen LogP contribution in [0.15, 0.2) is 30.3 Å². The molecule has 2 aromatic rings. The maximum Gasteiger partial charge on any atom is 0.340 e. The van der Waals surface area contributed by atoms with E-state index in [4.69, 9.17) is 10.5 Å². The second-order valence-corrected chi connectivity index (χ2v) is 4.12. The Kier molecular flexibility index (Phi) is 4.14. The number of esters is 1. The van der Waals surface area contributed by atoms with Gasteiger partial charge in [0, 0.05) is 6.07 Å². The summed E-state index contributed by atoms with van der Waals surface area (Å²) in [6, 6.07) is 8.67. The number of nitrogen functional groups attached to an aromatic ring is 1. The van der Waals surface area contributed by atoms with E-state index in [1.807, 2.05) is 6.07 Å². The summed E-state index contributed by atoms with van der Waals surface area (Å²) in [6.45, 7) is 3.84. The van der Waals surface area contributed by atoms with E-state index in [1.54, 1.807) is 38.1 Å². The number of hydrogen-bond donors (Lipinski definition) is 2. The highest BCUT2D eigenvalue weighted by molar-refractivity contribution is 5.96. The Morgan fingerprint density at radius 2 is 2.10 bits per heavy atom. The molecule has 0 aliphatic carbocycles. The van der Waals surface area contributed by atoms with Crippen molar-refractivity contribution in [1.29, 1.82) is 0 Å². The van der Waals surface area contributed by atoms with Gasteiger partial charge in [-0.15, -0.1) is 0 Å². The van der Waals surface area contributed by atoms with E-state index >= 15 is 0 Å². The molecule has 0 unspecified atom stereocenters. The molecule has 6 nitrogen and oxygen atoms in total. The van der Waals surface area contributed by atoms with Crippen LogP contribution >= 0.6 is 0 Å². The van der Waals surface area contributed by atoms with Gasteiger partial charge >= 0.3 is 5.97 Å². The normalized spacial score (nSPS) is 10.1. The van der Waals surface area contributed by atoms with Crippen LogP contribution in [0.4, 0.5) is 17.3 Å². The summed E-state index contributed by atoms with van der Waals surface area (Å²) in [7, 11) is 0. The molecule has 0 spiro atoms. The fraction of sp³-hybridized carbons (Fsp3) is 0.214. The minimum atomic E-state index is -0.380. The predicted molar refractivity (Wildman–Crippen MR) is 76.9 cm³/mol. The smallest absolute Gasteiger partial charge is 0.340 e. The van der Waals surface area contributed by atoms with Crippen LogP contribution in [-0.2, 0) is 4.74 Å². The molecule has 0 aliphatic rings. The molecule has 0 saturated carbocycles. The van der Waals surface area contributed by atoms with Crippen LogP contribution in [0.3, 0.4) is 0 Å². The molecule has 0 radical (unpaired) electrons. The number of rotatable bonds is 4. The minimum Gasteiger partial charge on any atom is -0.462 e. The number of anilines is 3. The highest BCUT2D eigenvalue weighted by atomic mass is 16.5. The Morgan fingerprint density at radius 3 is 2.80 bits per heavy atom. The third kappa shape index (κ3) is 3.23. The zero-order valence-electron chi connectivity index (χ0n) is 11.4. The largest absolute Gasteiger partial charge is 0.462 e. The number of aryl methyl sites for hydroxylation is 1. The molecule has 1 aromatic heterocycles. The van der Waals surface area contributed by atoms with Crippen LogP contribution in [0.2, 0.25) is 0 Å². The number of nitrogens with zero attached hydrogens (tertiary/aromatic N) is 2. The maximum atomic E-state index is 11.9. The van der Waals surface area contributed by atoms with E-state index in [2.05, 4.69) is 15.3 Å². The summed E-state index contributed by atoms with van der Waals surface area (Å²) < 4.78 is 5.02. The Hall–Kier alpha value is -2.63. The van der Waals surface area contributed by atoms with E-state index < -0.39 is 0 Å². The lowest BCUT2D eigenvalue weighted by Gasteiger charge is -2.11. The van der Waals surface area contributed by atoms with Gasteiger partial charge in [0.25, 0.3) is 0 Å². The van der Waals surface area contributed by atoms with Gasteiger partial charge < -0.3 is 15.8 Å². The highest BCUT2D eigenvalue weighted by Crippen LogP contribution is 2.21. The standard InChI is InChI=1S/C14H16N4O2/c1-3-20-14(19)10-6-4-5-7-11(10)18-13-8-12(15)16-9(2)17-13/h4-8H,3H2,1-2H3,(H3,15,16,17,18). The van der Waals surface area contributed by atoms with Crippen molar-refractivity contribution in [3.63, 3.8) is 0 Å². The summed E-state index contributed by atoms with van der Waals surface area (Å²) >= 11 is 0. The van der Waals surface area contributed by atoms with Gasteiger partial charge in [0.05, 0.1) is 17.9 Å². The molecule has 1 heterocycles. The third-order valence-corrected chi connectivity index (χ3v) is 2.54. The number of nitrogens with one attached hydrogen (secondary N) is 1. The summed E-state index contributed by atoms with van der Waals surface area (Å²) in [5, 5.41) is 3.06. The van der Waals surface area contributed by atoms with Crippen molar-refractivity contribution >= 4 is 23.3 Å². The summed E-state index contributed by atoms with van der Waals surface area (Å²) in [6.07, 6.45) is 0. The quantitative estimate of drug-likeness (QED) is 0.830. The van der Waals surface area contributed by atoms with Crippen molar-refractivity contribution in [2.45, 2.75) is 13.8 Å². The van der Waals surface area contributed by atoms with Crippen molar-refractivity contribution in [3.8, 4) is 0 Å². The van der Waals surface area contributed by atoms with Crippen LogP contribution in [0.5, 0.6) is 0 Å². The van der Waals surface area contributed by atoms with Crippen LogP contribution in [-0.4, -0.2) is 22.5 Å². The highest BCUT2D eigenvalue weighted by Gasteiger charge is 2.12. The van der Waals surface area contributed by atoms with Gasteiger partial charge in [-0.1, -0.05) is 12.1 Å². The van der Waals surface area contributed by atoms with Crippen LogP contribution in [0.25, 0.3) is 0 Å². The lowest BCUT2D eigenvalue weighted by molar-refractivity contribution is 0.0527. The van der Waals surface area contributed by atoms with E-state index in [-0.39, 0.29) is 5.97 Å². The van der Waals surface area contributed by atoms with E-state index in [9.17, 15) is 4.79 Å². The van der Waals surface area contributed by atoms with Crippen molar-refractivity contribution in [1.82, 2.24) is 9.97 Å².